The molecule has 0 amide bonds. The highest BCUT2D eigenvalue weighted by Crippen LogP contribution is 2.30. The molecule has 0 fully saturated rings. The zero-order valence-corrected chi connectivity index (χ0v) is 19.4. The molecule has 5 heteroatoms. The van der Waals surface area contributed by atoms with Gasteiger partial charge in [0.1, 0.15) is 0 Å². The SMILES string of the molecule is CC1=CCC(CCCCN[C@H](c2ccccc2)[C@@H](NS(C)(=O)=O)c2ccccc2)=CC1. The molecule has 2 N–H and O–H groups in total. The van der Waals surface area contributed by atoms with Gasteiger partial charge in [-0.15, -0.1) is 0 Å². The standard InChI is InChI=1S/C26H34N2O2S/c1-21-16-18-22(19-17-21)11-9-10-20-27-25(23-12-5-3-6-13-23)26(28-31(2,29)30)24-14-7-4-8-15-24/h3-8,12-16,19,25-28H,9-11,17-18,20H2,1-2H3/t25-,26+/m1/s1. The Hall–Kier alpha value is -2.21. The van der Waals surface area contributed by atoms with Gasteiger partial charge in [-0.05, 0) is 56.7 Å². The van der Waals surface area contributed by atoms with Crippen LogP contribution in [0.4, 0.5) is 0 Å². The zero-order valence-electron chi connectivity index (χ0n) is 18.6. The Kier molecular flexibility index (Phi) is 8.64. The Morgan fingerprint density at radius 2 is 1.45 bits per heavy atom. The normalized spacial score (nSPS) is 16.3. The summed E-state index contributed by atoms with van der Waals surface area (Å²) in [5.41, 5.74) is 5.01. The van der Waals surface area contributed by atoms with Crippen molar-refractivity contribution in [1.29, 1.82) is 0 Å². The average Bonchev–Trinajstić information content (AvgIpc) is 2.77. The van der Waals surface area contributed by atoms with Crippen LogP contribution >= 0.6 is 0 Å². The molecule has 3 rings (SSSR count). The summed E-state index contributed by atoms with van der Waals surface area (Å²) in [5, 5.41) is 3.64. The lowest BCUT2D eigenvalue weighted by atomic mass is 9.93. The van der Waals surface area contributed by atoms with Gasteiger partial charge in [0, 0.05) is 0 Å². The first-order valence-electron chi connectivity index (χ1n) is 11.1. The van der Waals surface area contributed by atoms with Gasteiger partial charge in [0.15, 0.2) is 0 Å². The third-order valence-corrected chi connectivity index (χ3v) is 6.39. The minimum Gasteiger partial charge on any atom is -0.308 e. The van der Waals surface area contributed by atoms with E-state index in [2.05, 4.69) is 41.2 Å². The van der Waals surface area contributed by atoms with Crippen molar-refractivity contribution in [2.45, 2.75) is 51.1 Å². The van der Waals surface area contributed by atoms with Crippen LogP contribution in [0.5, 0.6) is 0 Å². The van der Waals surface area contributed by atoms with E-state index in [0.29, 0.717) is 0 Å². The van der Waals surface area contributed by atoms with Gasteiger partial charge in [-0.2, -0.15) is 0 Å². The molecule has 0 saturated carbocycles. The van der Waals surface area contributed by atoms with Gasteiger partial charge < -0.3 is 5.32 Å². The second-order valence-corrected chi connectivity index (χ2v) is 10.2. The lowest BCUT2D eigenvalue weighted by molar-refractivity contribution is 0.418. The summed E-state index contributed by atoms with van der Waals surface area (Å²) in [7, 11) is -3.38. The van der Waals surface area contributed by atoms with E-state index in [9.17, 15) is 8.42 Å². The molecule has 0 aliphatic heterocycles. The van der Waals surface area contributed by atoms with Crippen molar-refractivity contribution in [2.75, 3.05) is 12.8 Å². The predicted molar refractivity (Wildman–Crippen MR) is 129 cm³/mol. The topological polar surface area (TPSA) is 58.2 Å². The smallest absolute Gasteiger partial charge is 0.209 e. The highest BCUT2D eigenvalue weighted by Gasteiger charge is 2.27. The van der Waals surface area contributed by atoms with Crippen LogP contribution in [-0.2, 0) is 10.0 Å². The molecular weight excluding hydrogens is 404 g/mol. The highest BCUT2D eigenvalue weighted by molar-refractivity contribution is 7.88. The molecule has 4 nitrogen and oxygen atoms in total. The van der Waals surface area contributed by atoms with E-state index in [0.717, 1.165) is 49.8 Å². The van der Waals surface area contributed by atoms with Gasteiger partial charge in [0.05, 0.1) is 18.3 Å². The molecule has 31 heavy (non-hydrogen) atoms. The number of nitrogens with one attached hydrogen (secondary N) is 2. The van der Waals surface area contributed by atoms with Crippen molar-refractivity contribution in [1.82, 2.24) is 10.0 Å². The Morgan fingerprint density at radius 1 is 0.839 bits per heavy atom. The van der Waals surface area contributed by atoms with Crippen LogP contribution in [0.2, 0.25) is 0 Å². The van der Waals surface area contributed by atoms with Gasteiger partial charge >= 0.3 is 0 Å². The van der Waals surface area contributed by atoms with Crippen molar-refractivity contribution in [3.63, 3.8) is 0 Å². The number of allylic oxidation sites excluding steroid dienone is 4. The summed E-state index contributed by atoms with van der Waals surface area (Å²) in [4.78, 5) is 0. The van der Waals surface area contributed by atoms with Crippen LogP contribution in [0.25, 0.3) is 0 Å². The Bertz CT molecular complexity index is 983. The van der Waals surface area contributed by atoms with Crippen molar-refractivity contribution in [3.05, 3.63) is 95.1 Å². The summed E-state index contributed by atoms with van der Waals surface area (Å²) >= 11 is 0. The molecule has 0 unspecified atom stereocenters. The third-order valence-electron chi connectivity index (χ3n) is 5.71. The average molecular weight is 439 g/mol. The summed E-state index contributed by atoms with van der Waals surface area (Å²) in [6, 6.07) is 19.3. The largest absolute Gasteiger partial charge is 0.308 e. The minimum atomic E-state index is -3.38. The van der Waals surface area contributed by atoms with E-state index in [1.807, 2.05) is 48.5 Å². The van der Waals surface area contributed by atoms with Gasteiger partial charge in [-0.1, -0.05) is 84.0 Å². The molecule has 1 aliphatic carbocycles. The number of benzene rings is 2. The molecular formula is C26H34N2O2S. The van der Waals surface area contributed by atoms with Crippen LogP contribution < -0.4 is 10.0 Å². The number of unbranched alkanes of at least 4 members (excludes halogenated alkanes) is 1. The first-order chi connectivity index (χ1) is 14.9. The van der Waals surface area contributed by atoms with Gasteiger partial charge in [0.25, 0.3) is 0 Å². The Labute approximate surface area is 187 Å². The van der Waals surface area contributed by atoms with Crippen LogP contribution in [-0.4, -0.2) is 21.2 Å². The maximum Gasteiger partial charge on any atom is 0.209 e. The number of hydrogen-bond acceptors (Lipinski definition) is 3. The Balaban J connectivity index is 1.68. The monoisotopic (exact) mass is 438 g/mol. The van der Waals surface area contributed by atoms with E-state index in [-0.39, 0.29) is 12.1 Å². The van der Waals surface area contributed by atoms with Gasteiger partial charge in [-0.3, -0.25) is 0 Å². The van der Waals surface area contributed by atoms with Crippen molar-refractivity contribution in [2.24, 2.45) is 0 Å². The van der Waals surface area contributed by atoms with E-state index < -0.39 is 10.0 Å². The first-order valence-corrected chi connectivity index (χ1v) is 13.0. The van der Waals surface area contributed by atoms with Gasteiger partial charge in [0.2, 0.25) is 10.0 Å². The molecule has 0 spiro atoms. The van der Waals surface area contributed by atoms with E-state index in [4.69, 9.17) is 0 Å². The molecule has 2 atom stereocenters. The van der Waals surface area contributed by atoms with Crippen LogP contribution in [0, 0.1) is 0 Å². The van der Waals surface area contributed by atoms with E-state index in [1.54, 1.807) is 0 Å². The second kappa shape index (κ2) is 11.4. The highest BCUT2D eigenvalue weighted by atomic mass is 32.2. The van der Waals surface area contributed by atoms with Crippen molar-refractivity contribution in [3.8, 4) is 0 Å². The Morgan fingerprint density at radius 3 is 2.00 bits per heavy atom. The fraction of sp³-hybridized carbons (Fsp3) is 0.385. The molecule has 0 aromatic heterocycles. The molecule has 0 heterocycles. The minimum absolute atomic E-state index is 0.155. The fourth-order valence-electron chi connectivity index (χ4n) is 4.02. The van der Waals surface area contributed by atoms with Crippen LogP contribution in [0.15, 0.2) is 84.0 Å². The van der Waals surface area contributed by atoms with Gasteiger partial charge in [-0.25, -0.2) is 13.1 Å². The molecule has 0 radical (unpaired) electrons. The molecule has 1 aliphatic rings. The number of rotatable bonds is 11. The summed E-state index contributed by atoms with van der Waals surface area (Å²) < 4.78 is 27.2. The molecule has 0 bridgehead atoms. The quantitative estimate of drug-likeness (QED) is 0.363. The van der Waals surface area contributed by atoms with Crippen LogP contribution in [0.3, 0.4) is 0 Å². The number of hydrogen-bond donors (Lipinski definition) is 2. The van der Waals surface area contributed by atoms with Crippen LogP contribution in [0.1, 0.15) is 62.2 Å². The fourth-order valence-corrected chi connectivity index (χ4v) is 4.76. The third kappa shape index (κ3) is 7.76. The molecule has 2 aromatic rings. The molecule has 0 saturated heterocycles. The summed E-state index contributed by atoms with van der Waals surface area (Å²) in [6.07, 6.45) is 11.4. The van der Waals surface area contributed by atoms with E-state index in [1.165, 1.54) is 17.4 Å². The maximum absolute atomic E-state index is 12.2. The lowest BCUT2D eigenvalue weighted by Crippen LogP contribution is -2.38. The summed E-state index contributed by atoms with van der Waals surface area (Å²) in [5.74, 6) is 0. The van der Waals surface area contributed by atoms with Crippen molar-refractivity contribution < 1.29 is 8.42 Å². The first kappa shape index (κ1) is 23.5. The second-order valence-electron chi connectivity index (χ2n) is 8.40. The predicted octanol–water partition coefficient (Wildman–Crippen LogP) is 5.44. The molecule has 166 valence electrons. The lowest BCUT2D eigenvalue weighted by Gasteiger charge is -2.29. The molecule has 2 aromatic carbocycles. The maximum atomic E-state index is 12.2. The number of sulfonamides is 1. The zero-order chi connectivity index (χ0) is 22.1. The summed E-state index contributed by atoms with van der Waals surface area (Å²) in [6.45, 7) is 3.02. The van der Waals surface area contributed by atoms with Crippen molar-refractivity contribution >= 4 is 10.0 Å². The van der Waals surface area contributed by atoms with E-state index >= 15 is 0 Å².